The molecule has 0 saturated carbocycles. The molecule has 282 valence electrons. The minimum absolute atomic E-state index is 0.118. The van der Waals surface area contributed by atoms with Gasteiger partial charge in [-0.25, -0.2) is 15.0 Å². The maximum Gasteiger partial charge on any atom is 0.164 e. The summed E-state index contributed by atoms with van der Waals surface area (Å²) in [4.78, 5) is 15.7. The molecule has 1 aromatic heterocycles. The Morgan fingerprint density at radius 2 is 0.800 bits per heavy atom. The summed E-state index contributed by atoms with van der Waals surface area (Å²) in [6, 6.07) is 68.1. The van der Waals surface area contributed by atoms with Crippen LogP contribution < -0.4 is 0 Å². The van der Waals surface area contributed by atoms with Crippen molar-refractivity contribution in [3.63, 3.8) is 0 Å². The van der Waals surface area contributed by atoms with E-state index in [1.54, 1.807) is 0 Å². The highest BCUT2D eigenvalue weighted by atomic mass is 15.0. The van der Waals surface area contributed by atoms with Crippen LogP contribution in [0.4, 0.5) is 0 Å². The topological polar surface area (TPSA) is 38.7 Å². The van der Waals surface area contributed by atoms with Gasteiger partial charge in [-0.05, 0) is 102 Å². The van der Waals surface area contributed by atoms with Crippen LogP contribution in [0.25, 0.3) is 79.7 Å². The molecule has 9 aromatic rings. The minimum Gasteiger partial charge on any atom is -0.208 e. The van der Waals surface area contributed by atoms with Crippen molar-refractivity contribution >= 4 is 12.2 Å². The fourth-order valence-electron chi connectivity index (χ4n) is 10.3. The first-order valence-corrected chi connectivity index (χ1v) is 20.8. The van der Waals surface area contributed by atoms with Crippen LogP contribution in [0, 0.1) is 0 Å². The van der Waals surface area contributed by atoms with Gasteiger partial charge in [0, 0.05) is 22.1 Å². The van der Waals surface area contributed by atoms with Gasteiger partial charge >= 0.3 is 0 Å². The molecule has 60 heavy (non-hydrogen) atoms. The first-order chi connectivity index (χ1) is 29.5. The summed E-state index contributed by atoms with van der Waals surface area (Å²) >= 11 is 0. The number of fused-ring (bicyclic) bond motifs is 12. The minimum atomic E-state index is -0.615. The second kappa shape index (κ2) is 13.0. The van der Waals surface area contributed by atoms with Gasteiger partial charge in [0.1, 0.15) is 0 Å². The highest BCUT2D eigenvalue weighted by molar-refractivity contribution is 5.95. The Balaban J connectivity index is 1.12. The lowest BCUT2D eigenvalue weighted by Crippen LogP contribution is -2.30. The summed E-state index contributed by atoms with van der Waals surface area (Å²) in [7, 11) is 0. The molecule has 3 nitrogen and oxygen atoms in total. The molecule has 8 aromatic carbocycles. The number of rotatable bonds is 4. The molecule has 0 aliphatic heterocycles. The van der Waals surface area contributed by atoms with Crippen LogP contribution in [0.5, 0.6) is 0 Å². The molecule has 12 rings (SSSR count). The molecule has 0 amide bonds. The molecule has 1 spiro atoms. The first-order valence-electron chi connectivity index (χ1n) is 20.8. The molecule has 1 atom stereocenters. The van der Waals surface area contributed by atoms with Crippen molar-refractivity contribution in [1.29, 1.82) is 0 Å². The Labute approximate surface area is 350 Å². The third-order valence-corrected chi connectivity index (χ3v) is 13.2. The summed E-state index contributed by atoms with van der Waals surface area (Å²) in [5, 5.41) is 0. The molecule has 3 heteroatoms. The van der Waals surface area contributed by atoms with Crippen molar-refractivity contribution in [2.24, 2.45) is 0 Å². The van der Waals surface area contributed by atoms with Gasteiger partial charge in [-0.1, -0.05) is 190 Å². The molecular formula is C57H39N3. The van der Waals surface area contributed by atoms with E-state index in [1.807, 2.05) is 24.3 Å². The van der Waals surface area contributed by atoms with Gasteiger partial charge in [-0.15, -0.1) is 0 Å². The SMILES string of the molecule is CC1(C)c2ccccc2-c2cc3c(cc21)-c1ccccc1C31c2ccccc2C=Cc2ccc(-c3nc(-c4ccccc4)nc(-c4cccc(-c5ccccc5)c4)n3)cc21. The Morgan fingerprint density at radius 1 is 0.300 bits per heavy atom. The van der Waals surface area contributed by atoms with E-state index in [1.165, 1.54) is 66.8 Å². The Kier molecular flexibility index (Phi) is 7.49. The number of hydrogen-bond donors (Lipinski definition) is 0. The van der Waals surface area contributed by atoms with E-state index in [0.29, 0.717) is 17.5 Å². The van der Waals surface area contributed by atoms with Crippen LogP contribution in [0.1, 0.15) is 58.4 Å². The number of hydrogen-bond acceptors (Lipinski definition) is 3. The van der Waals surface area contributed by atoms with Crippen molar-refractivity contribution in [3.8, 4) is 67.5 Å². The summed E-state index contributed by atoms with van der Waals surface area (Å²) in [6.45, 7) is 4.75. The zero-order valence-corrected chi connectivity index (χ0v) is 33.4. The largest absolute Gasteiger partial charge is 0.208 e. The predicted octanol–water partition coefficient (Wildman–Crippen LogP) is 13.7. The van der Waals surface area contributed by atoms with E-state index in [2.05, 4.69) is 190 Å². The monoisotopic (exact) mass is 765 g/mol. The highest BCUT2D eigenvalue weighted by Gasteiger charge is 2.50. The first kappa shape index (κ1) is 34.5. The summed E-state index contributed by atoms with van der Waals surface area (Å²) < 4.78 is 0. The van der Waals surface area contributed by atoms with Crippen LogP contribution in [0.3, 0.4) is 0 Å². The molecule has 1 heterocycles. The lowest BCUT2D eigenvalue weighted by molar-refractivity contribution is 0.660. The van der Waals surface area contributed by atoms with Crippen molar-refractivity contribution in [1.82, 2.24) is 15.0 Å². The van der Waals surface area contributed by atoms with Gasteiger partial charge in [0.15, 0.2) is 17.5 Å². The fourth-order valence-corrected chi connectivity index (χ4v) is 10.3. The number of aromatic nitrogens is 3. The van der Waals surface area contributed by atoms with Crippen LogP contribution in [-0.2, 0) is 10.8 Å². The van der Waals surface area contributed by atoms with Gasteiger partial charge in [-0.2, -0.15) is 0 Å². The molecule has 0 radical (unpaired) electrons. The molecule has 1 unspecified atom stereocenters. The van der Waals surface area contributed by atoms with E-state index in [4.69, 9.17) is 15.0 Å². The van der Waals surface area contributed by atoms with Gasteiger partial charge in [0.05, 0.1) is 5.41 Å². The van der Waals surface area contributed by atoms with E-state index in [-0.39, 0.29) is 5.41 Å². The van der Waals surface area contributed by atoms with Crippen molar-refractivity contribution in [3.05, 3.63) is 233 Å². The lowest BCUT2D eigenvalue weighted by Gasteiger charge is -2.36. The number of benzene rings is 8. The third-order valence-electron chi connectivity index (χ3n) is 13.2. The van der Waals surface area contributed by atoms with Gasteiger partial charge < -0.3 is 0 Å². The Bertz CT molecular complexity index is 3230. The second-order valence-corrected chi connectivity index (χ2v) is 16.8. The maximum absolute atomic E-state index is 5.30. The quantitative estimate of drug-likeness (QED) is 0.179. The van der Waals surface area contributed by atoms with Crippen molar-refractivity contribution in [2.45, 2.75) is 24.7 Å². The van der Waals surface area contributed by atoms with Crippen LogP contribution >= 0.6 is 0 Å². The van der Waals surface area contributed by atoms with E-state index >= 15 is 0 Å². The zero-order chi connectivity index (χ0) is 40.0. The van der Waals surface area contributed by atoms with E-state index in [0.717, 1.165) is 27.8 Å². The van der Waals surface area contributed by atoms with Crippen LogP contribution in [0.15, 0.2) is 188 Å². The average molecular weight is 766 g/mol. The lowest BCUT2D eigenvalue weighted by atomic mass is 9.65. The van der Waals surface area contributed by atoms with Crippen molar-refractivity contribution in [2.75, 3.05) is 0 Å². The number of nitrogens with zero attached hydrogens (tertiary/aromatic N) is 3. The summed E-state index contributed by atoms with van der Waals surface area (Å²) in [6.07, 6.45) is 4.59. The predicted molar refractivity (Wildman–Crippen MR) is 245 cm³/mol. The van der Waals surface area contributed by atoms with Gasteiger partial charge in [-0.3, -0.25) is 0 Å². The molecular weight excluding hydrogens is 727 g/mol. The molecule has 0 fully saturated rings. The highest BCUT2D eigenvalue weighted by Crippen LogP contribution is 2.61. The normalized spacial score (nSPS) is 16.0. The summed E-state index contributed by atoms with van der Waals surface area (Å²) in [5.74, 6) is 1.92. The Hall–Kier alpha value is -7.49. The molecule has 0 N–H and O–H groups in total. The zero-order valence-electron chi connectivity index (χ0n) is 33.4. The van der Waals surface area contributed by atoms with Gasteiger partial charge in [0.25, 0.3) is 0 Å². The van der Waals surface area contributed by atoms with Crippen LogP contribution in [0.2, 0.25) is 0 Å². The van der Waals surface area contributed by atoms with Crippen LogP contribution in [-0.4, -0.2) is 15.0 Å². The molecule has 3 aliphatic rings. The van der Waals surface area contributed by atoms with E-state index in [9.17, 15) is 0 Å². The van der Waals surface area contributed by atoms with E-state index < -0.39 is 5.41 Å². The Morgan fingerprint density at radius 3 is 1.53 bits per heavy atom. The smallest absolute Gasteiger partial charge is 0.164 e. The fraction of sp³-hybridized carbons (Fsp3) is 0.0702. The second-order valence-electron chi connectivity index (χ2n) is 16.8. The standard InChI is InChI=1S/C57H39N3/c1-56(2)48-26-13-10-23-43(48)45-35-52-46(34-51(45)56)44-24-11-14-27-49(44)57(52)47-25-12-9-18-37(47)28-29-38-30-31-42(33-50(38)57)55-59-53(39-19-7-4-8-20-39)58-54(60-55)41-22-15-21-40(32-41)36-16-5-3-6-17-36/h3-35H,1-2H3. The average Bonchev–Trinajstić information content (AvgIpc) is 3.66. The third kappa shape index (κ3) is 4.99. The molecule has 0 saturated heterocycles. The molecule has 0 bridgehead atoms. The summed E-state index contributed by atoms with van der Waals surface area (Å²) in [5.41, 5.74) is 19.8. The molecule has 3 aliphatic carbocycles. The van der Waals surface area contributed by atoms with Gasteiger partial charge in [0.2, 0.25) is 0 Å². The van der Waals surface area contributed by atoms with Crippen molar-refractivity contribution < 1.29 is 0 Å². The maximum atomic E-state index is 5.30.